The van der Waals surface area contributed by atoms with Crippen LogP contribution in [-0.2, 0) is 0 Å². The van der Waals surface area contributed by atoms with Gasteiger partial charge in [0.05, 0.1) is 12.7 Å². The molecule has 74 valence electrons. The molecule has 14 heavy (non-hydrogen) atoms. The number of benzene rings is 1. The second-order valence-electron chi connectivity index (χ2n) is 2.66. The molecule has 1 rings (SSSR count). The van der Waals surface area contributed by atoms with Crippen LogP contribution in [0.5, 0.6) is 11.5 Å². The van der Waals surface area contributed by atoms with Crippen LogP contribution in [0.15, 0.2) is 18.2 Å². The summed E-state index contributed by atoms with van der Waals surface area (Å²) in [5.41, 5.74) is 0.618. The largest absolute Gasteiger partial charge is 0.507 e. The smallest absolute Gasteiger partial charge is 0.134 e. The minimum Gasteiger partial charge on any atom is -0.507 e. The zero-order valence-electron chi connectivity index (χ0n) is 7.95. The molecule has 0 heterocycles. The minimum absolute atomic E-state index is 0.149. The van der Waals surface area contributed by atoms with Gasteiger partial charge in [-0.1, -0.05) is 11.8 Å². The summed E-state index contributed by atoms with van der Waals surface area (Å²) in [6, 6.07) is 5.05. The molecule has 0 unspecified atom stereocenters. The average molecular weight is 208 g/mol. The molecule has 0 fully saturated rings. The zero-order chi connectivity index (χ0) is 10.4. The predicted molar refractivity (Wildman–Crippen MR) is 60.0 cm³/mol. The van der Waals surface area contributed by atoms with Crippen molar-refractivity contribution >= 4 is 12.6 Å². The summed E-state index contributed by atoms with van der Waals surface area (Å²) in [5.74, 6) is 7.27. The van der Waals surface area contributed by atoms with Crippen molar-refractivity contribution < 1.29 is 9.84 Å². The third kappa shape index (κ3) is 2.90. The van der Waals surface area contributed by atoms with Crippen LogP contribution in [0, 0.1) is 11.8 Å². The highest BCUT2D eigenvalue weighted by atomic mass is 32.1. The average Bonchev–Trinajstić information content (AvgIpc) is 2.20. The second kappa shape index (κ2) is 5.46. The van der Waals surface area contributed by atoms with Crippen LogP contribution in [0.3, 0.4) is 0 Å². The molecule has 0 aliphatic carbocycles. The van der Waals surface area contributed by atoms with Gasteiger partial charge in [0.15, 0.2) is 0 Å². The lowest BCUT2D eigenvalue weighted by atomic mass is 10.2. The van der Waals surface area contributed by atoms with E-state index in [2.05, 4.69) is 24.5 Å². The van der Waals surface area contributed by atoms with Gasteiger partial charge < -0.3 is 9.84 Å². The summed E-state index contributed by atoms with van der Waals surface area (Å²) >= 11 is 4.04. The van der Waals surface area contributed by atoms with Gasteiger partial charge in [-0.2, -0.15) is 12.6 Å². The van der Waals surface area contributed by atoms with Crippen molar-refractivity contribution in [2.45, 2.75) is 6.42 Å². The van der Waals surface area contributed by atoms with E-state index in [1.165, 1.54) is 0 Å². The lowest BCUT2D eigenvalue weighted by Gasteiger charge is -2.01. The molecule has 0 aromatic heterocycles. The maximum atomic E-state index is 9.52. The molecule has 0 aliphatic rings. The first-order valence-electron chi connectivity index (χ1n) is 4.24. The Hall–Kier alpha value is -1.27. The van der Waals surface area contributed by atoms with Crippen LogP contribution in [0.2, 0.25) is 0 Å². The highest BCUT2D eigenvalue weighted by Crippen LogP contribution is 2.22. The molecule has 1 aromatic rings. The molecule has 0 aliphatic heterocycles. The van der Waals surface area contributed by atoms with Gasteiger partial charge in [0, 0.05) is 18.2 Å². The van der Waals surface area contributed by atoms with Crippen LogP contribution in [0.1, 0.15) is 12.0 Å². The van der Waals surface area contributed by atoms with E-state index in [0.717, 1.165) is 5.75 Å². The zero-order valence-corrected chi connectivity index (χ0v) is 8.84. The Balaban J connectivity index is 2.85. The SMILES string of the molecule is COc1ccc(C#CCCS)c(O)c1. The molecule has 2 nitrogen and oxygen atoms in total. The first-order chi connectivity index (χ1) is 6.77. The fourth-order valence-corrected chi connectivity index (χ4v) is 1.07. The Morgan fingerprint density at radius 1 is 1.50 bits per heavy atom. The van der Waals surface area contributed by atoms with E-state index in [1.54, 1.807) is 25.3 Å². The fourth-order valence-electron chi connectivity index (χ4n) is 0.958. The van der Waals surface area contributed by atoms with Crippen LogP contribution in [0.4, 0.5) is 0 Å². The number of thiol groups is 1. The van der Waals surface area contributed by atoms with E-state index in [4.69, 9.17) is 4.74 Å². The number of ether oxygens (including phenoxy) is 1. The number of hydrogen-bond donors (Lipinski definition) is 2. The molecule has 1 N–H and O–H groups in total. The van der Waals surface area contributed by atoms with Crippen molar-refractivity contribution in [3.63, 3.8) is 0 Å². The molecule has 0 saturated heterocycles. The van der Waals surface area contributed by atoms with Gasteiger partial charge in [-0.15, -0.1) is 0 Å². The molecule has 1 aromatic carbocycles. The molecular weight excluding hydrogens is 196 g/mol. The number of rotatable bonds is 2. The first kappa shape index (κ1) is 10.8. The normalized spacial score (nSPS) is 9.00. The van der Waals surface area contributed by atoms with Gasteiger partial charge >= 0.3 is 0 Å². The number of phenols is 1. The van der Waals surface area contributed by atoms with E-state index >= 15 is 0 Å². The Labute approximate surface area is 89.3 Å². The van der Waals surface area contributed by atoms with Crippen molar-refractivity contribution in [3.8, 4) is 23.3 Å². The second-order valence-corrected chi connectivity index (χ2v) is 3.11. The van der Waals surface area contributed by atoms with Crippen molar-refractivity contribution in [3.05, 3.63) is 23.8 Å². The van der Waals surface area contributed by atoms with Gasteiger partial charge in [0.25, 0.3) is 0 Å². The molecule has 0 radical (unpaired) electrons. The number of phenolic OH excluding ortho intramolecular Hbond substituents is 1. The molecule has 0 saturated carbocycles. The Kier molecular flexibility index (Phi) is 4.21. The Bertz CT molecular complexity index is 363. The fraction of sp³-hybridized carbons (Fsp3) is 0.273. The Morgan fingerprint density at radius 3 is 2.86 bits per heavy atom. The molecule has 0 amide bonds. The van der Waals surface area contributed by atoms with E-state index in [0.29, 0.717) is 17.7 Å². The van der Waals surface area contributed by atoms with E-state index in [9.17, 15) is 5.11 Å². The predicted octanol–water partition coefficient (Wildman–Crippen LogP) is 2.07. The maximum Gasteiger partial charge on any atom is 0.134 e. The third-order valence-corrected chi connectivity index (χ3v) is 1.89. The van der Waals surface area contributed by atoms with Gasteiger partial charge in [0.2, 0.25) is 0 Å². The topological polar surface area (TPSA) is 29.5 Å². The standard InChI is InChI=1S/C11H12O2S/c1-13-10-6-5-9(11(12)8-10)4-2-3-7-14/h5-6,8,12,14H,3,7H2,1H3. The summed E-state index contributed by atoms with van der Waals surface area (Å²) in [5, 5.41) is 9.52. The van der Waals surface area contributed by atoms with Crippen molar-refractivity contribution in [2.24, 2.45) is 0 Å². The molecule has 3 heteroatoms. The minimum atomic E-state index is 0.149. The van der Waals surface area contributed by atoms with Gasteiger partial charge in [-0.25, -0.2) is 0 Å². The summed E-state index contributed by atoms with van der Waals surface area (Å²) in [4.78, 5) is 0. The third-order valence-electron chi connectivity index (χ3n) is 1.66. The molecular formula is C11H12O2S. The molecule has 0 spiro atoms. The summed E-state index contributed by atoms with van der Waals surface area (Å²) in [6.07, 6.45) is 0.717. The quantitative estimate of drug-likeness (QED) is 0.575. The lowest BCUT2D eigenvalue weighted by molar-refractivity contribution is 0.407. The first-order valence-corrected chi connectivity index (χ1v) is 4.88. The summed E-state index contributed by atoms with van der Waals surface area (Å²) in [6.45, 7) is 0. The lowest BCUT2D eigenvalue weighted by Crippen LogP contribution is -1.83. The van der Waals surface area contributed by atoms with Crippen molar-refractivity contribution in [1.29, 1.82) is 0 Å². The maximum absolute atomic E-state index is 9.52. The monoisotopic (exact) mass is 208 g/mol. The van der Waals surface area contributed by atoms with Crippen LogP contribution >= 0.6 is 12.6 Å². The van der Waals surface area contributed by atoms with Crippen molar-refractivity contribution in [1.82, 2.24) is 0 Å². The van der Waals surface area contributed by atoms with Gasteiger partial charge in [-0.05, 0) is 12.1 Å². The highest BCUT2D eigenvalue weighted by molar-refractivity contribution is 7.80. The summed E-state index contributed by atoms with van der Waals surface area (Å²) < 4.78 is 4.96. The highest BCUT2D eigenvalue weighted by Gasteiger charge is 1.98. The van der Waals surface area contributed by atoms with E-state index in [1.807, 2.05) is 0 Å². The van der Waals surface area contributed by atoms with Crippen LogP contribution < -0.4 is 4.74 Å². The molecule has 0 bridgehead atoms. The Morgan fingerprint density at radius 2 is 2.29 bits per heavy atom. The van der Waals surface area contributed by atoms with E-state index < -0.39 is 0 Å². The molecule has 0 atom stereocenters. The van der Waals surface area contributed by atoms with Gasteiger partial charge in [-0.3, -0.25) is 0 Å². The summed E-state index contributed by atoms with van der Waals surface area (Å²) in [7, 11) is 1.56. The van der Waals surface area contributed by atoms with Crippen LogP contribution in [0.25, 0.3) is 0 Å². The van der Waals surface area contributed by atoms with E-state index in [-0.39, 0.29) is 5.75 Å². The number of aromatic hydroxyl groups is 1. The van der Waals surface area contributed by atoms with Gasteiger partial charge in [0.1, 0.15) is 11.5 Å². The number of methoxy groups -OCH3 is 1. The number of hydrogen-bond acceptors (Lipinski definition) is 3. The van der Waals surface area contributed by atoms with Crippen molar-refractivity contribution in [2.75, 3.05) is 12.9 Å². The van der Waals surface area contributed by atoms with Crippen LogP contribution in [-0.4, -0.2) is 18.0 Å².